The zero-order valence-corrected chi connectivity index (χ0v) is 13.6. The van der Waals surface area contributed by atoms with Crippen LogP contribution >= 0.6 is 23.8 Å². The predicted octanol–water partition coefficient (Wildman–Crippen LogP) is 4.59. The van der Waals surface area contributed by atoms with Crippen molar-refractivity contribution in [1.82, 2.24) is 5.32 Å². The molecule has 0 spiro atoms. The number of thiocarbonyl (C=S) groups is 1. The second kappa shape index (κ2) is 6.09. The van der Waals surface area contributed by atoms with Crippen LogP contribution in [0.5, 0.6) is 0 Å². The highest BCUT2D eigenvalue weighted by molar-refractivity contribution is 7.80. The lowest BCUT2D eigenvalue weighted by atomic mass is 9.84. The fraction of sp³-hybridized carbons (Fsp3) is 0.562. The molecule has 0 amide bonds. The van der Waals surface area contributed by atoms with Gasteiger partial charge in [-0.25, -0.2) is 4.39 Å². The summed E-state index contributed by atoms with van der Waals surface area (Å²) in [6.07, 6.45) is 5.49. The number of fused-ring (bicyclic) bond motifs is 2. The highest BCUT2D eigenvalue weighted by Crippen LogP contribution is 2.49. The maximum Gasteiger partial charge on any atom is 0.170 e. The Morgan fingerprint density at radius 2 is 2.19 bits per heavy atom. The smallest absolute Gasteiger partial charge is 0.170 e. The number of hydrogen-bond acceptors (Lipinski definition) is 1. The largest absolute Gasteiger partial charge is 0.360 e. The van der Waals surface area contributed by atoms with Crippen LogP contribution in [-0.2, 0) is 0 Å². The minimum atomic E-state index is -0.420. The maximum atomic E-state index is 13.1. The highest BCUT2D eigenvalue weighted by Gasteiger charge is 2.41. The van der Waals surface area contributed by atoms with Gasteiger partial charge in [0.1, 0.15) is 5.82 Å². The molecular weight excluding hydrogens is 307 g/mol. The third-order valence-corrected chi connectivity index (χ3v) is 5.48. The molecule has 5 heteroatoms. The van der Waals surface area contributed by atoms with Crippen LogP contribution in [0.2, 0.25) is 5.02 Å². The minimum absolute atomic E-state index is 0.101. The van der Waals surface area contributed by atoms with Crippen molar-refractivity contribution in [3.8, 4) is 0 Å². The number of halogens is 2. The van der Waals surface area contributed by atoms with Crippen molar-refractivity contribution in [3.63, 3.8) is 0 Å². The van der Waals surface area contributed by atoms with Gasteiger partial charge in [-0.1, -0.05) is 18.0 Å². The molecule has 0 saturated heterocycles. The summed E-state index contributed by atoms with van der Waals surface area (Å²) in [6.45, 7) is 2.21. The molecule has 1 aromatic carbocycles. The van der Waals surface area contributed by atoms with E-state index in [2.05, 4.69) is 17.6 Å². The normalized spacial score (nSPS) is 28.4. The van der Waals surface area contributed by atoms with Crippen LogP contribution in [-0.4, -0.2) is 11.2 Å². The van der Waals surface area contributed by atoms with E-state index in [4.69, 9.17) is 23.8 Å². The van der Waals surface area contributed by atoms with Crippen LogP contribution in [0.15, 0.2) is 18.2 Å². The summed E-state index contributed by atoms with van der Waals surface area (Å²) in [5.74, 6) is 2.10. The molecule has 2 saturated carbocycles. The van der Waals surface area contributed by atoms with Gasteiger partial charge in [0.05, 0.1) is 5.02 Å². The molecule has 2 aliphatic carbocycles. The van der Waals surface area contributed by atoms with Gasteiger partial charge in [0.25, 0.3) is 0 Å². The SMILES string of the molecule is CC(NC(=S)Nc1ccc(F)c(Cl)c1)C1CC2CCC1C2. The number of nitrogens with one attached hydrogen (secondary N) is 2. The summed E-state index contributed by atoms with van der Waals surface area (Å²) in [5.41, 5.74) is 0.707. The van der Waals surface area contributed by atoms with Gasteiger partial charge in [0.15, 0.2) is 5.11 Å². The Balaban J connectivity index is 1.55. The number of rotatable bonds is 3. The first kappa shape index (κ1) is 15.0. The third-order valence-electron chi connectivity index (χ3n) is 4.97. The Bertz CT molecular complexity index is 551. The standard InChI is InChI=1S/C16H20ClFN2S/c1-9(13-7-10-2-3-11(13)6-10)19-16(21)20-12-4-5-15(18)14(17)8-12/h4-5,8-11,13H,2-3,6-7H2,1H3,(H2,19,20,21). The van der Waals surface area contributed by atoms with Gasteiger partial charge in [0.2, 0.25) is 0 Å². The van der Waals surface area contributed by atoms with Gasteiger partial charge in [-0.2, -0.15) is 0 Å². The Kier molecular flexibility index (Phi) is 4.36. The lowest BCUT2D eigenvalue weighted by molar-refractivity contribution is 0.279. The van der Waals surface area contributed by atoms with E-state index in [0.29, 0.717) is 16.8 Å². The van der Waals surface area contributed by atoms with E-state index in [0.717, 1.165) is 17.8 Å². The van der Waals surface area contributed by atoms with E-state index in [9.17, 15) is 4.39 Å². The van der Waals surface area contributed by atoms with Gasteiger partial charge in [-0.15, -0.1) is 0 Å². The summed E-state index contributed by atoms with van der Waals surface area (Å²) in [5, 5.41) is 7.13. The molecule has 0 aromatic heterocycles. The molecule has 4 unspecified atom stereocenters. The van der Waals surface area contributed by atoms with E-state index >= 15 is 0 Å². The second-order valence-corrected chi connectivity index (χ2v) is 7.17. The first-order valence-corrected chi connectivity index (χ1v) is 8.34. The van der Waals surface area contributed by atoms with Crippen LogP contribution < -0.4 is 10.6 Å². The summed E-state index contributed by atoms with van der Waals surface area (Å²) < 4.78 is 13.1. The van der Waals surface area contributed by atoms with Gasteiger partial charge in [-0.05, 0) is 74.4 Å². The molecule has 2 aliphatic rings. The monoisotopic (exact) mass is 326 g/mol. The Hall–Kier alpha value is -0.870. The van der Waals surface area contributed by atoms with Crippen molar-refractivity contribution in [3.05, 3.63) is 29.0 Å². The molecule has 4 atom stereocenters. The summed E-state index contributed by atoms with van der Waals surface area (Å²) in [7, 11) is 0. The zero-order chi connectivity index (χ0) is 15.0. The molecular formula is C16H20ClFN2S. The summed E-state index contributed by atoms with van der Waals surface area (Å²) >= 11 is 11.1. The van der Waals surface area contributed by atoms with Crippen molar-refractivity contribution < 1.29 is 4.39 Å². The topological polar surface area (TPSA) is 24.1 Å². The lowest BCUT2D eigenvalue weighted by Gasteiger charge is -2.29. The molecule has 0 radical (unpaired) electrons. The van der Waals surface area contributed by atoms with Gasteiger partial charge < -0.3 is 10.6 Å². The van der Waals surface area contributed by atoms with Crippen molar-refractivity contribution in [2.45, 2.75) is 38.6 Å². The highest BCUT2D eigenvalue weighted by atomic mass is 35.5. The van der Waals surface area contributed by atoms with Crippen LogP contribution in [0.4, 0.5) is 10.1 Å². The fourth-order valence-electron chi connectivity index (χ4n) is 3.96. The van der Waals surface area contributed by atoms with Crippen LogP contribution in [0.1, 0.15) is 32.6 Å². The molecule has 2 nitrogen and oxygen atoms in total. The van der Waals surface area contributed by atoms with E-state index in [1.807, 2.05) is 0 Å². The molecule has 1 aromatic rings. The average molecular weight is 327 g/mol. The first-order valence-electron chi connectivity index (χ1n) is 7.55. The molecule has 114 valence electrons. The number of benzene rings is 1. The van der Waals surface area contributed by atoms with E-state index in [1.165, 1.54) is 31.7 Å². The van der Waals surface area contributed by atoms with Crippen LogP contribution in [0.25, 0.3) is 0 Å². The average Bonchev–Trinajstić information content (AvgIpc) is 3.05. The van der Waals surface area contributed by atoms with Gasteiger partial charge in [0, 0.05) is 11.7 Å². The van der Waals surface area contributed by atoms with Gasteiger partial charge in [-0.3, -0.25) is 0 Å². The van der Waals surface area contributed by atoms with Crippen LogP contribution in [0.3, 0.4) is 0 Å². The quantitative estimate of drug-likeness (QED) is 0.794. The third kappa shape index (κ3) is 3.32. The van der Waals surface area contributed by atoms with Crippen molar-refractivity contribution in [2.24, 2.45) is 17.8 Å². The molecule has 2 fully saturated rings. The fourth-order valence-corrected chi connectivity index (χ4v) is 4.45. The van der Waals surface area contributed by atoms with E-state index < -0.39 is 5.82 Å². The number of hydrogen-bond donors (Lipinski definition) is 2. The van der Waals surface area contributed by atoms with Crippen molar-refractivity contribution in [1.29, 1.82) is 0 Å². The first-order chi connectivity index (χ1) is 10.0. The maximum absolute atomic E-state index is 13.1. The molecule has 3 rings (SSSR count). The van der Waals surface area contributed by atoms with E-state index in [1.54, 1.807) is 12.1 Å². The molecule has 0 aliphatic heterocycles. The summed E-state index contributed by atoms with van der Waals surface area (Å²) in [6, 6.07) is 4.90. The molecule has 21 heavy (non-hydrogen) atoms. The van der Waals surface area contributed by atoms with Crippen molar-refractivity contribution in [2.75, 3.05) is 5.32 Å². The molecule has 0 heterocycles. The zero-order valence-electron chi connectivity index (χ0n) is 12.0. The van der Waals surface area contributed by atoms with E-state index in [-0.39, 0.29) is 5.02 Å². The van der Waals surface area contributed by atoms with Crippen molar-refractivity contribution >= 4 is 34.6 Å². The second-order valence-electron chi connectivity index (χ2n) is 6.35. The molecule has 2 N–H and O–H groups in total. The van der Waals surface area contributed by atoms with Gasteiger partial charge >= 0.3 is 0 Å². The summed E-state index contributed by atoms with van der Waals surface area (Å²) in [4.78, 5) is 0. The predicted molar refractivity (Wildman–Crippen MR) is 89.2 cm³/mol. The Morgan fingerprint density at radius 1 is 1.38 bits per heavy atom. The molecule has 2 bridgehead atoms. The number of anilines is 1. The Labute approximate surface area is 135 Å². The van der Waals surface area contributed by atoms with Crippen LogP contribution in [0, 0.1) is 23.6 Å². The Morgan fingerprint density at radius 3 is 2.81 bits per heavy atom. The minimum Gasteiger partial charge on any atom is -0.360 e. The lowest BCUT2D eigenvalue weighted by Crippen LogP contribution is -2.42.